The Kier molecular flexibility index (Phi) is 3.16. The van der Waals surface area contributed by atoms with E-state index in [4.69, 9.17) is 5.73 Å². The molecule has 1 heterocycles. The first-order valence-corrected chi connectivity index (χ1v) is 5.99. The molecule has 0 aliphatic heterocycles. The number of fused-ring (bicyclic) bond motifs is 1. The van der Waals surface area contributed by atoms with Crippen LogP contribution in [0.5, 0.6) is 5.75 Å². The van der Waals surface area contributed by atoms with Crippen LogP contribution in [0.15, 0.2) is 18.3 Å². The van der Waals surface area contributed by atoms with Crippen LogP contribution in [0.2, 0.25) is 0 Å². The molecule has 0 bridgehead atoms. The maximum absolute atomic E-state index is 9.64. The number of phenols is 1. The van der Waals surface area contributed by atoms with Gasteiger partial charge < -0.3 is 15.8 Å². The standard InChI is InChI=1S/C11H13IN2O/c12-9-5-10-8(4-11(9)15)7(6-14-10)2-1-3-13/h4-6,14-15H,1-3,13H2. The van der Waals surface area contributed by atoms with E-state index >= 15 is 0 Å². The molecule has 0 fully saturated rings. The lowest BCUT2D eigenvalue weighted by atomic mass is 10.1. The summed E-state index contributed by atoms with van der Waals surface area (Å²) in [6, 6.07) is 3.77. The van der Waals surface area contributed by atoms with E-state index in [0.29, 0.717) is 12.3 Å². The normalized spacial score (nSPS) is 11.1. The number of halogens is 1. The summed E-state index contributed by atoms with van der Waals surface area (Å²) in [6.45, 7) is 0.697. The highest BCUT2D eigenvalue weighted by Crippen LogP contribution is 2.28. The van der Waals surface area contributed by atoms with E-state index in [1.54, 1.807) is 0 Å². The molecule has 2 aromatic rings. The first-order valence-electron chi connectivity index (χ1n) is 4.91. The maximum Gasteiger partial charge on any atom is 0.129 e. The Bertz CT molecular complexity index is 479. The summed E-state index contributed by atoms with van der Waals surface area (Å²) in [7, 11) is 0. The van der Waals surface area contributed by atoms with Crippen molar-refractivity contribution >= 4 is 33.5 Å². The predicted molar refractivity (Wildman–Crippen MR) is 70.1 cm³/mol. The summed E-state index contributed by atoms with van der Waals surface area (Å²) in [5.74, 6) is 0.344. The fraction of sp³-hybridized carbons (Fsp3) is 0.273. The van der Waals surface area contributed by atoms with Crippen molar-refractivity contribution in [2.24, 2.45) is 5.73 Å². The molecule has 0 aliphatic carbocycles. The molecule has 0 radical (unpaired) electrons. The quantitative estimate of drug-likeness (QED) is 0.761. The highest BCUT2D eigenvalue weighted by molar-refractivity contribution is 14.1. The molecule has 1 aromatic carbocycles. The minimum Gasteiger partial charge on any atom is -0.507 e. The number of benzene rings is 1. The van der Waals surface area contributed by atoms with Gasteiger partial charge >= 0.3 is 0 Å². The van der Waals surface area contributed by atoms with Gasteiger partial charge in [0.2, 0.25) is 0 Å². The first kappa shape index (κ1) is 10.8. The number of aromatic hydroxyl groups is 1. The van der Waals surface area contributed by atoms with Gasteiger partial charge in [-0.15, -0.1) is 0 Å². The first-order chi connectivity index (χ1) is 7.22. The molecule has 0 amide bonds. The molecular formula is C11H13IN2O. The summed E-state index contributed by atoms with van der Waals surface area (Å²) >= 11 is 2.12. The van der Waals surface area contributed by atoms with Crippen molar-refractivity contribution in [2.45, 2.75) is 12.8 Å². The van der Waals surface area contributed by atoms with Crippen molar-refractivity contribution in [3.63, 3.8) is 0 Å². The molecule has 0 aliphatic rings. The number of rotatable bonds is 3. The van der Waals surface area contributed by atoms with Crippen molar-refractivity contribution < 1.29 is 5.11 Å². The van der Waals surface area contributed by atoms with Gasteiger partial charge in [-0.25, -0.2) is 0 Å². The Hall–Kier alpha value is -0.750. The summed E-state index contributed by atoms with van der Waals surface area (Å²) in [5.41, 5.74) is 7.78. The topological polar surface area (TPSA) is 62.0 Å². The van der Waals surface area contributed by atoms with Crippen LogP contribution >= 0.6 is 22.6 Å². The second-order valence-electron chi connectivity index (χ2n) is 3.56. The summed E-state index contributed by atoms with van der Waals surface area (Å²) in [5, 5.41) is 10.7. The Morgan fingerprint density at radius 3 is 2.93 bits per heavy atom. The second-order valence-corrected chi connectivity index (χ2v) is 4.72. The van der Waals surface area contributed by atoms with E-state index in [0.717, 1.165) is 27.3 Å². The number of hydrogen-bond donors (Lipinski definition) is 3. The van der Waals surface area contributed by atoms with Crippen LogP contribution < -0.4 is 5.73 Å². The Morgan fingerprint density at radius 2 is 2.20 bits per heavy atom. The van der Waals surface area contributed by atoms with E-state index in [9.17, 15) is 5.11 Å². The van der Waals surface area contributed by atoms with Crippen LogP contribution in [-0.4, -0.2) is 16.6 Å². The fourth-order valence-corrected chi connectivity index (χ4v) is 2.16. The van der Waals surface area contributed by atoms with Gasteiger partial charge in [-0.2, -0.15) is 0 Å². The summed E-state index contributed by atoms with van der Waals surface area (Å²) < 4.78 is 0.868. The SMILES string of the molecule is NCCCc1c[nH]c2cc(I)c(O)cc12. The molecule has 2 rings (SSSR count). The number of aromatic nitrogens is 1. The average molecular weight is 316 g/mol. The van der Waals surface area contributed by atoms with E-state index in [-0.39, 0.29) is 0 Å². The van der Waals surface area contributed by atoms with Gasteiger partial charge in [0.25, 0.3) is 0 Å². The number of aromatic amines is 1. The zero-order valence-electron chi connectivity index (χ0n) is 8.26. The van der Waals surface area contributed by atoms with Gasteiger partial charge in [-0.1, -0.05) is 0 Å². The number of nitrogens with one attached hydrogen (secondary N) is 1. The van der Waals surface area contributed by atoms with Crippen LogP contribution in [0.3, 0.4) is 0 Å². The average Bonchev–Trinajstić information content (AvgIpc) is 2.59. The lowest BCUT2D eigenvalue weighted by Crippen LogP contribution is -1.99. The van der Waals surface area contributed by atoms with Gasteiger partial charge in [0, 0.05) is 17.1 Å². The number of nitrogens with two attached hydrogens (primary N) is 1. The van der Waals surface area contributed by atoms with Crippen molar-refractivity contribution in [3.05, 3.63) is 27.5 Å². The largest absolute Gasteiger partial charge is 0.507 e. The van der Waals surface area contributed by atoms with E-state index in [1.165, 1.54) is 5.56 Å². The lowest BCUT2D eigenvalue weighted by Gasteiger charge is -2.00. The lowest BCUT2D eigenvalue weighted by molar-refractivity contribution is 0.472. The van der Waals surface area contributed by atoms with E-state index in [2.05, 4.69) is 27.6 Å². The maximum atomic E-state index is 9.64. The van der Waals surface area contributed by atoms with E-state index in [1.807, 2.05) is 18.3 Å². The highest BCUT2D eigenvalue weighted by Gasteiger charge is 2.06. The fourth-order valence-electron chi connectivity index (χ4n) is 1.69. The van der Waals surface area contributed by atoms with Crippen LogP contribution in [0.25, 0.3) is 10.9 Å². The molecule has 0 atom stereocenters. The van der Waals surface area contributed by atoms with Gasteiger partial charge in [0.15, 0.2) is 0 Å². The third-order valence-corrected chi connectivity index (χ3v) is 3.35. The number of H-pyrrole nitrogens is 1. The Balaban J connectivity index is 2.45. The number of aryl methyl sites for hydroxylation is 1. The molecular weight excluding hydrogens is 303 g/mol. The van der Waals surface area contributed by atoms with Crippen LogP contribution in [0, 0.1) is 3.57 Å². The van der Waals surface area contributed by atoms with Crippen molar-refractivity contribution in [2.75, 3.05) is 6.54 Å². The Labute approximate surface area is 102 Å². The molecule has 0 saturated carbocycles. The molecule has 1 aromatic heterocycles. The highest BCUT2D eigenvalue weighted by atomic mass is 127. The molecule has 4 N–H and O–H groups in total. The minimum absolute atomic E-state index is 0.344. The van der Waals surface area contributed by atoms with Crippen LogP contribution in [-0.2, 0) is 6.42 Å². The minimum atomic E-state index is 0.344. The molecule has 4 heteroatoms. The number of hydrogen-bond acceptors (Lipinski definition) is 2. The van der Waals surface area contributed by atoms with E-state index < -0.39 is 0 Å². The van der Waals surface area contributed by atoms with Crippen molar-refractivity contribution in [1.29, 1.82) is 0 Å². The van der Waals surface area contributed by atoms with Gasteiger partial charge in [0.05, 0.1) is 3.57 Å². The molecule has 0 saturated heterocycles. The van der Waals surface area contributed by atoms with Gasteiger partial charge in [0.1, 0.15) is 5.75 Å². The smallest absolute Gasteiger partial charge is 0.129 e. The second kappa shape index (κ2) is 4.40. The van der Waals surface area contributed by atoms with Gasteiger partial charge in [-0.05, 0) is 59.7 Å². The molecule has 80 valence electrons. The monoisotopic (exact) mass is 316 g/mol. The number of phenolic OH excluding ortho intramolecular Hbond substituents is 1. The van der Waals surface area contributed by atoms with Gasteiger partial charge in [-0.3, -0.25) is 0 Å². The molecule has 0 spiro atoms. The molecule has 0 unspecified atom stereocenters. The Morgan fingerprint density at radius 1 is 1.40 bits per heavy atom. The third kappa shape index (κ3) is 2.10. The summed E-state index contributed by atoms with van der Waals surface area (Å²) in [4.78, 5) is 3.21. The molecule has 3 nitrogen and oxygen atoms in total. The van der Waals surface area contributed by atoms with Crippen LogP contribution in [0.1, 0.15) is 12.0 Å². The molecule has 15 heavy (non-hydrogen) atoms. The van der Waals surface area contributed by atoms with Crippen molar-refractivity contribution in [1.82, 2.24) is 4.98 Å². The zero-order chi connectivity index (χ0) is 10.8. The summed E-state index contributed by atoms with van der Waals surface area (Å²) in [6.07, 6.45) is 3.92. The van der Waals surface area contributed by atoms with Crippen molar-refractivity contribution in [3.8, 4) is 5.75 Å². The zero-order valence-corrected chi connectivity index (χ0v) is 10.4. The van der Waals surface area contributed by atoms with Crippen LogP contribution in [0.4, 0.5) is 0 Å². The third-order valence-electron chi connectivity index (χ3n) is 2.49. The predicted octanol–water partition coefficient (Wildman–Crippen LogP) is 2.37.